The first-order valence-electron chi connectivity index (χ1n) is 5.47. The number of carbonyl (C=O) groups excluding carboxylic acids is 1. The van der Waals surface area contributed by atoms with E-state index in [2.05, 4.69) is 10.6 Å². The zero-order valence-electron chi connectivity index (χ0n) is 10.1. The van der Waals surface area contributed by atoms with E-state index in [1.54, 1.807) is 0 Å². The number of ether oxygens (including phenoxy) is 1. The number of nitrogens with one attached hydrogen (secondary N) is 2. The number of amides is 2. The summed E-state index contributed by atoms with van der Waals surface area (Å²) in [4.78, 5) is 21.9. The van der Waals surface area contributed by atoms with Gasteiger partial charge < -0.3 is 25.6 Å². The number of rotatable bonds is 8. The van der Waals surface area contributed by atoms with Crippen LogP contribution in [0.5, 0.6) is 0 Å². The quantitative estimate of drug-likeness (QED) is 0.435. The van der Waals surface area contributed by atoms with Crippen molar-refractivity contribution in [3.05, 3.63) is 0 Å². The van der Waals surface area contributed by atoms with E-state index in [1.165, 1.54) is 0 Å². The summed E-state index contributed by atoms with van der Waals surface area (Å²) in [5.41, 5.74) is 0. The highest BCUT2D eigenvalue weighted by molar-refractivity contribution is 5.82. The number of aliphatic carboxylic acids is 1. The Bertz CT molecular complexity index is 245. The van der Waals surface area contributed by atoms with Gasteiger partial charge in [0, 0.05) is 19.6 Å². The van der Waals surface area contributed by atoms with Gasteiger partial charge in [0.05, 0.1) is 12.7 Å². The van der Waals surface area contributed by atoms with E-state index >= 15 is 0 Å². The van der Waals surface area contributed by atoms with Gasteiger partial charge in [0.25, 0.3) is 0 Å². The van der Waals surface area contributed by atoms with E-state index in [0.717, 1.165) is 0 Å². The van der Waals surface area contributed by atoms with Gasteiger partial charge in [-0.1, -0.05) is 0 Å². The topological polar surface area (TPSA) is 108 Å². The molecule has 0 rings (SSSR count). The maximum Gasteiger partial charge on any atom is 0.326 e. The second-order valence-electron chi connectivity index (χ2n) is 3.72. The molecule has 0 aromatic rings. The number of carboxylic acid groups (broad SMARTS) is 1. The average molecular weight is 248 g/mol. The molecule has 0 saturated heterocycles. The molecule has 4 N–H and O–H groups in total. The molecule has 0 radical (unpaired) electrons. The standard InChI is InChI=1S/C10H20N2O5/c1-7(2)17-6-4-11-10(16)12-8(3-5-13)9(14)15/h7-8,13H,3-6H2,1-2H3,(H,14,15)(H2,11,12,16)/t8-/m1/s1. The summed E-state index contributed by atoms with van der Waals surface area (Å²) in [6, 6.07) is -1.66. The van der Waals surface area contributed by atoms with Gasteiger partial charge in [-0.2, -0.15) is 0 Å². The first kappa shape index (κ1) is 15.7. The molecule has 0 unspecified atom stereocenters. The summed E-state index contributed by atoms with van der Waals surface area (Å²) < 4.78 is 5.19. The van der Waals surface area contributed by atoms with Gasteiger partial charge in [-0.25, -0.2) is 9.59 Å². The predicted octanol–water partition coefficient (Wildman–Crippen LogP) is -0.454. The van der Waals surface area contributed by atoms with Crippen molar-refractivity contribution in [2.24, 2.45) is 0 Å². The highest BCUT2D eigenvalue weighted by Crippen LogP contribution is 1.91. The highest BCUT2D eigenvalue weighted by Gasteiger charge is 2.18. The molecule has 0 bridgehead atoms. The largest absolute Gasteiger partial charge is 0.480 e. The van der Waals surface area contributed by atoms with E-state index in [9.17, 15) is 9.59 Å². The maximum atomic E-state index is 11.3. The lowest BCUT2D eigenvalue weighted by molar-refractivity contribution is -0.139. The Labute approximate surface area is 100 Å². The van der Waals surface area contributed by atoms with Gasteiger partial charge in [0.1, 0.15) is 6.04 Å². The van der Waals surface area contributed by atoms with Gasteiger partial charge in [0.2, 0.25) is 0 Å². The van der Waals surface area contributed by atoms with Crippen LogP contribution in [0, 0.1) is 0 Å². The fourth-order valence-corrected chi connectivity index (χ4v) is 1.05. The Morgan fingerprint density at radius 3 is 2.47 bits per heavy atom. The summed E-state index contributed by atoms with van der Waals surface area (Å²) in [5, 5.41) is 22.0. The minimum Gasteiger partial charge on any atom is -0.480 e. The molecular weight excluding hydrogens is 228 g/mol. The Morgan fingerprint density at radius 1 is 1.35 bits per heavy atom. The molecule has 2 amide bonds. The van der Waals surface area contributed by atoms with Crippen molar-refractivity contribution in [3.63, 3.8) is 0 Å². The fourth-order valence-electron chi connectivity index (χ4n) is 1.05. The van der Waals surface area contributed by atoms with Crippen LogP contribution in [0.15, 0.2) is 0 Å². The van der Waals surface area contributed by atoms with Crippen LogP contribution in [0.3, 0.4) is 0 Å². The van der Waals surface area contributed by atoms with Crippen LogP contribution in [-0.2, 0) is 9.53 Å². The van der Waals surface area contributed by atoms with Gasteiger partial charge >= 0.3 is 12.0 Å². The molecule has 0 heterocycles. The van der Waals surface area contributed by atoms with Gasteiger partial charge in [-0.05, 0) is 13.8 Å². The van der Waals surface area contributed by atoms with E-state index in [0.29, 0.717) is 13.2 Å². The van der Waals surface area contributed by atoms with Crippen LogP contribution in [0.25, 0.3) is 0 Å². The van der Waals surface area contributed by atoms with Crippen LogP contribution in [0.2, 0.25) is 0 Å². The molecule has 1 atom stereocenters. The summed E-state index contributed by atoms with van der Waals surface area (Å²) >= 11 is 0. The first-order valence-corrected chi connectivity index (χ1v) is 5.47. The Kier molecular flexibility index (Phi) is 8.08. The van der Waals surface area contributed by atoms with E-state index in [1.807, 2.05) is 13.8 Å². The summed E-state index contributed by atoms with van der Waals surface area (Å²) in [5.74, 6) is -1.17. The molecule has 0 aromatic carbocycles. The minimum absolute atomic E-state index is 0.0226. The van der Waals surface area contributed by atoms with Crippen LogP contribution in [0.4, 0.5) is 4.79 Å². The van der Waals surface area contributed by atoms with Gasteiger partial charge in [-0.15, -0.1) is 0 Å². The van der Waals surface area contributed by atoms with Crippen molar-refractivity contribution in [1.82, 2.24) is 10.6 Å². The molecule has 0 aliphatic carbocycles. The Morgan fingerprint density at radius 2 is 2.00 bits per heavy atom. The Balaban J connectivity index is 3.78. The zero-order chi connectivity index (χ0) is 13.3. The minimum atomic E-state index is -1.17. The van der Waals surface area contributed by atoms with Crippen molar-refractivity contribution in [2.75, 3.05) is 19.8 Å². The molecule has 0 saturated carbocycles. The number of aliphatic hydroxyl groups excluding tert-OH is 1. The number of hydrogen-bond acceptors (Lipinski definition) is 4. The lowest BCUT2D eigenvalue weighted by atomic mass is 10.2. The molecular formula is C10H20N2O5. The monoisotopic (exact) mass is 248 g/mol. The molecule has 0 fully saturated rings. The van der Waals surface area contributed by atoms with E-state index in [-0.39, 0.29) is 19.1 Å². The van der Waals surface area contributed by atoms with Crippen LogP contribution >= 0.6 is 0 Å². The summed E-state index contributed by atoms with van der Waals surface area (Å²) in [6.07, 6.45) is 0.0617. The third-order valence-corrected chi connectivity index (χ3v) is 1.86. The predicted molar refractivity (Wildman–Crippen MR) is 60.7 cm³/mol. The normalized spacial score (nSPS) is 12.2. The first-order chi connectivity index (χ1) is 7.97. The third-order valence-electron chi connectivity index (χ3n) is 1.86. The molecule has 17 heavy (non-hydrogen) atoms. The lowest BCUT2D eigenvalue weighted by Crippen LogP contribution is -2.47. The fraction of sp³-hybridized carbons (Fsp3) is 0.800. The number of urea groups is 1. The Hall–Kier alpha value is -1.34. The van der Waals surface area contributed by atoms with Crippen molar-refractivity contribution in [3.8, 4) is 0 Å². The molecule has 7 heteroatoms. The van der Waals surface area contributed by atoms with E-state index < -0.39 is 18.0 Å². The molecule has 0 aromatic heterocycles. The van der Waals surface area contributed by atoms with Crippen LogP contribution < -0.4 is 10.6 Å². The summed E-state index contributed by atoms with van der Waals surface area (Å²) in [7, 11) is 0. The average Bonchev–Trinajstić information content (AvgIpc) is 2.23. The van der Waals surface area contributed by atoms with Crippen molar-refractivity contribution < 1.29 is 24.5 Å². The highest BCUT2D eigenvalue weighted by atomic mass is 16.5. The van der Waals surface area contributed by atoms with Gasteiger partial charge in [-0.3, -0.25) is 0 Å². The second-order valence-corrected chi connectivity index (χ2v) is 3.72. The molecule has 0 aliphatic heterocycles. The van der Waals surface area contributed by atoms with Crippen molar-refractivity contribution in [1.29, 1.82) is 0 Å². The SMILES string of the molecule is CC(C)OCCNC(=O)N[C@H](CCO)C(=O)O. The van der Waals surface area contributed by atoms with Gasteiger partial charge in [0.15, 0.2) is 0 Å². The lowest BCUT2D eigenvalue weighted by Gasteiger charge is -2.14. The molecule has 100 valence electrons. The third kappa shape index (κ3) is 8.47. The van der Waals surface area contributed by atoms with Crippen LogP contribution in [-0.4, -0.2) is 54.1 Å². The molecule has 0 spiro atoms. The van der Waals surface area contributed by atoms with Crippen LogP contribution in [0.1, 0.15) is 20.3 Å². The smallest absolute Gasteiger partial charge is 0.326 e. The molecule has 0 aliphatic rings. The second kappa shape index (κ2) is 8.77. The zero-order valence-corrected chi connectivity index (χ0v) is 10.1. The number of carbonyl (C=O) groups is 2. The number of carboxylic acids is 1. The number of hydrogen-bond donors (Lipinski definition) is 4. The van der Waals surface area contributed by atoms with E-state index in [4.69, 9.17) is 14.9 Å². The van der Waals surface area contributed by atoms with Crippen molar-refractivity contribution >= 4 is 12.0 Å². The molecule has 7 nitrogen and oxygen atoms in total. The number of aliphatic hydroxyl groups is 1. The maximum absolute atomic E-state index is 11.3. The van der Waals surface area contributed by atoms with Crippen molar-refractivity contribution in [2.45, 2.75) is 32.4 Å². The summed E-state index contributed by atoms with van der Waals surface area (Å²) in [6.45, 7) is 4.12.